The maximum Gasteiger partial charge on any atom is 0.127 e. The Morgan fingerprint density at radius 1 is 1.05 bits per heavy atom. The lowest BCUT2D eigenvalue weighted by atomic mass is 10.1. The van der Waals surface area contributed by atoms with E-state index >= 15 is 0 Å². The highest BCUT2D eigenvalue weighted by atomic mass is 16.5. The summed E-state index contributed by atoms with van der Waals surface area (Å²) in [6.45, 7) is 1.02. The van der Waals surface area contributed by atoms with Crippen LogP contribution in [0.1, 0.15) is 28.7 Å². The van der Waals surface area contributed by atoms with Gasteiger partial charge in [-0.3, -0.25) is 0 Å². The van der Waals surface area contributed by atoms with Crippen LogP contribution >= 0.6 is 0 Å². The Bertz CT molecular complexity index is 637. The fourth-order valence-corrected chi connectivity index (χ4v) is 2.84. The monoisotopic (exact) mass is 283 g/mol. The Morgan fingerprint density at radius 2 is 1.90 bits per heavy atom. The zero-order valence-corrected chi connectivity index (χ0v) is 12.4. The minimum Gasteiger partial charge on any atom is -0.497 e. The van der Waals surface area contributed by atoms with Gasteiger partial charge in [0.1, 0.15) is 18.1 Å². The molecule has 3 heteroatoms. The SMILES string of the molecule is COc1ccc(CN)c(OCc2ccc3c(c2)CCC3)c1. The molecular weight excluding hydrogens is 262 g/mol. The minimum atomic E-state index is 0.462. The van der Waals surface area contributed by atoms with Gasteiger partial charge in [-0.05, 0) is 42.0 Å². The highest BCUT2D eigenvalue weighted by Gasteiger charge is 2.11. The zero-order valence-electron chi connectivity index (χ0n) is 12.4. The summed E-state index contributed by atoms with van der Waals surface area (Å²) in [5, 5.41) is 0. The number of ether oxygens (including phenoxy) is 2. The summed E-state index contributed by atoms with van der Waals surface area (Å²) in [4.78, 5) is 0. The second-order valence-corrected chi connectivity index (χ2v) is 5.42. The van der Waals surface area contributed by atoms with Crippen molar-refractivity contribution in [2.45, 2.75) is 32.4 Å². The van der Waals surface area contributed by atoms with E-state index in [4.69, 9.17) is 15.2 Å². The van der Waals surface area contributed by atoms with Gasteiger partial charge in [-0.25, -0.2) is 0 Å². The molecule has 0 aliphatic heterocycles. The largest absolute Gasteiger partial charge is 0.497 e. The number of methoxy groups -OCH3 is 1. The smallest absolute Gasteiger partial charge is 0.127 e. The van der Waals surface area contributed by atoms with Crippen LogP contribution in [0.15, 0.2) is 36.4 Å². The molecule has 0 aromatic heterocycles. The van der Waals surface area contributed by atoms with E-state index in [1.54, 1.807) is 7.11 Å². The first-order chi connectivity index (χ1) is 10.3. The molecule has 0 heterocycles. The Labute approximate surface area is 125 Å². The van der Waals surface area contributed by atoms with Gasteiger partial charge in [0.15, 0.2) is 0 Å². The molecule has 0 spiro atoms. The molecule has 0 unspecified atom stereocenters. The molecule has 21 heavy (non-hydrogen) atoms. The van der Waals surface area contributed by atoms with Gasteiger partial charge in [0, 0.05) is 18.2 Å². The van der Waals surface area contributed by atoms with Crippen LogP contribution in [0.4, 0.5) is 0 Å². The third-order valence-electron chi connectivity index (χ3n) is 4.05. The van der Waals surface area contributed by atoms with Gasteiger partial charge in [0.25, 0.3) is 0 Å². The van der Waals surface area contributed by atoms with Crippen molar-refractivity contribution < 1.29 is 9.47 Å². The van der Waals surface area contributed by atoms with Crippen LogP contribution in [0.25, 0.3) is 0 Å². The van der Waals surface area contributed by atoms with Crippen LogP contribution < -0.4 is 15.2 Å². The summed E-state index contributed by atoms with van der Waals surface area (Å²) in [6, 6.07) is 12.4. The Kier molecular flexibility index (Phi) is 4.11. The number of aryl methyl sites for hydroxylation is 2. The maximum atomic E-state index is 5.96. The van der Waals surface area contributed by atoms with Gasteiger partial charge in [-0.2, -0.15) is 0 Å². The van der Waals surface area contributed by atoms with Gasteiger partial charge >= 0.3 is 0 Å². The number of fused-ring (bicyclic) bond motifs is 1. The van der Waals surface area contributed by atoms with Crippen LogP contribution in [0.3, 0.4) is 0 Å². The summed E-state index contributed by atoms with van der Waals surface area (Å²) < 4.78 is 11.2. The number of hydrogen-bond acceptors (Lipinski definition) is 3. The van der Waals surface area contributed by atoms with Gasteiger partial charge in [0.2, 0.25) is 0 Å². The average molecular weight is 283 g/mol. The topological polar surface area (TPSA) is 44.5 Å². The van der Waals surface area contributed by atoms with Crippen LogP contribution in [0.2, 0.25) is 0 Å². The third kappa shape index (κ3) is 3.03. The lowest BCUT2D eigenvalue weighted by Crippen LogP contribution is -2.03. The van der Waals surface area contributed by atoms with Crippen LogP contribution in [-0.4, -0.2) is 7.11 Å². The Balaban J connectivity index is 1.75. The summed E-state index contributed by atoms with van der Waals surface area (Å²) in [5.74, 6) is 1.59. The lowest BCUT2D eigenvalue weighted by Gasteiger charge is -2.12. The second-order valence-electron chi connectivity index (χ2n) is 5.42. The van der Waals surface area contributed by atoms with Crippen LogP contribution in [-0.2, 0) is 26.0 Å². The molecular formula is C18H21NO2. The Hall–Kier alpha value is -2.00. The van der Waals surface area contributed by atoms with E-state index < -0.39 is 0 Å². The second kappa shape index (κ2) is 6.19. The Morgan fingerprint density at radius 3 is 2.71 bits per heavy atom. The number of benzene rings is 2. The quantitative estimate of drug-likeness (QED) is 0.916. The molecule has 1 aliphatic rings. The van der Waals surface area contributed by atoms with Crippen molar-refractivity contribution in [2.75, 3.05) is 7.11 Å². The molecule has 3 rings (SSSR count). The van der Waals surface area contributed by atoms with Gasteiger partial charge in [-0.1, -0.05) is 24.3 Å². The normalized spacial score (nSPS) is 13.0. The molecule has 0 saturated carbocycles. The molecule has 0 atom stereocenters. The van der Waals surface area contributed by atoms with Crippen molar-refractivity contribution in [1.29, 1.82) is 0 Å². The molecule has 2 N–H and O–H groups in total. The fraction of sp³-hybridized carbons (Fsp3) is 0.333. The summed E-state index contributed by atoms with van der Waals surface area (Å²) in [6.07, 6.45) is 3.67. The van der Waals surface area contributed by atoms with E-state index in [0.29, 0.717) is 13.2 Å². The van der Waals surface area contributed by atoms with Crippen molar-refractivity contribution in [2.24, 2.45) is 5.73 Å². The standard InChI is InChI=1S/C18H21NO2/c1-20-17-8-7-16(11-19)18(10-17)21-12-13-5-6-14-3-2-4-15(14)9-13/h5-10H,2-4,11-12,19H2,1H3. The van der Waals surface area contributed by atoms with Gasteiger partial charge in [0.05, 0.1) is 7.11 Å². The molecule has 1 aliphatic carbocycles. The molecule has 0 amide bonds. The first-order valence-corrected chi connectivity index (χ1v) is 7.40. The van der Waals surface area contributed by atoms with Crippen molar-refractivity contribution in [1.82, 2.24) is 0 Å². The van der Waals surface area contributed by atoms with Crippen molar-refractivity contribution in [3.63, 3.8) is 0 Å². The van der Waals surface area contributed by atoms with E-state index in [1.165, 1.54) is 36.0 Å². The predicted octanol–water partition coefficient (Wildman–Crippen LogP) is 3.22. The molecule has 0 fully saturated rings. The highest BCUT2D eigenvalue weighted by Crippen LogP contribution is 2.27. The van der Waals surface area contributed by atoms with Crippen molar-refractivity contribution in [3.8, 4) is 11.5 Å². The highest BCUT2D eigenvalue weighted by molar-refractivity contribution is 5.41. The molecule has 0 radical (unpaired) electrons. The molecule has 2 aromatic rings. The summed E-state index contributed by atoms with van der Waals surface area (Å²) in [5.41, 5.74) is 10.9. The molecule has 0 bridgehead atoms. The van der Waals surface area contributed by atoms with E-state index in [-0.39, 0.29) is 0 Å². The van der Waals surface area contributed by atoms with Crippen LogP contribution in [0.5, 0.6) is 11.5 Å². The van der Waals surface area contributed by atoms with Crippen molar-refractivity contribution in [3.05, 3.63) is 58.7 Å². The molecule has 2 aromatic carbocycles. The summed E-state index contributed by atoms with van der Waals surface area (Å²) in [7, 11) is 1.65. The van der Waals surface area contributed by atoms with E-state index in [2.05, 4.69) is 18.2 Å². The van der Waals surface area contributed by atoms with Gasteiger partial charge < -0.3 is 15.2 Å². The predicted molar refractivity (Wildman–Crippen MR) is 83.7 cm³/mol. The number of rotatable bonds is 5. The number of hydrogen-bond donors (Lipinski definition) is 1. The van der Waals surface area contributed by atoms with E-state index in [1.807, 2.05) is 18.2 Å². The van der Waals surface area contributed by atoms with E-state index in [9.17, 15) is 0 Å². The number of nitrogens with two attached hydrogens (primary N) is 1. The van der Waals surface area contributed by atoms with Crippen LogP contribution in [0, 0.1) is 0 Å². The minimum absolute atomic E-state index is 0.462. The first kappa shape index (κ1) is 14.0. The molecule has 0 saturated heterocycles. The fourth-order valence-electron chi connectivity index (χ4n) is 2.84. The zero-order chi connectivity index (χ0) is 14.7. The molecule has 3 nitrogen and oxygen atoms in total. The third-order valence-corrected chi connectivity index (χ3v) is 4.05. The van der Waals surface area contributed by atoms with Gasteiger partial charge in [-0.15, -0.1) is 0 Å². The average Bonchev–Trinajstić information content (AvgIpc) is 3.00. The molecule has 110 valence electrons. The first-order valence-electron chi connectivity index (χ1n) is 7.40. The lowest BCUT2D eigenvalue weighted by molar-refractivity contribution is 0.300. The van der Waals surface area contributed by atoms with Crippen molar-refractivity contribution >= 4 is 0 Å². The maximum absolute atomic E-state index is 5.96. The van der Waals surface area contributed by atoms with E-state index in [0.717, 1.165) is 17.1 Å². The summed E-state index contributed by atoms with van der Waals surface area (Å²) >= 11 is 0.